The minimum atomic E-state index is -0.855. The van der Waals surface area contributed by atoms with Crippen LogP contribution in [0.15, 0.2) is 9.30 Å². The molecule has 0 radical (unpaired) electrons. The smallest absolute Gasteiger partial charge is 0.309 e. The summed E-state index contributed by atoms with van der Waals surface area (Å²) in [6.07, 6.45) is -0.00984. The summed E-state index contributed by atoms with van der Waals surface area (Å²) >= 11 is 4.58. The molecule has 0 fully saturated rings. The molecule has 0 spiro atoms. The first-order chi connectivity index (χ1) is 4.70. The van der Waals surface area contributed by atoms with E-state index in [-0.39, 0.29) is 6.42 Å². The number of carboxylic acids is 1. The van der Waals surface area contributed by atoms with Crippen LogP contribution in [0.2, 0.25) is 0 Å². The predicted molar refractivity (Wildman–Crippen MR) is 41.2 cm³/mol. The second kappa shape index (κ2) is 3.12. The van der Waals surface area contributed by atoms with Crippen molar-refractivity contribution in [2.24, 2.45) is 0 Å². The van der Waals surface area contributed by atoms with Crippen LogP contribution >= 0.6 is 27.3 Å². The highest BCUT2D eigenvalue weighted by molar-refractivity contribution is 9.11. The molecule has 54 valence electrons. The zero-order valence-corrected chi connectivity index (χ0v) is 7.28. The summed E-state index contributed by atoms with van der Waals surface area (Å²) in [4.78, 5) is 14.0. The molecule has 1 N–H and O–H groups in total. The van der Waals surface area contributed by atoms with Gasteiger partial charge in [-0.15, -0.1) is 11.3 Å². The van der Waals surface area contributed by atoms with E-state index in [0.717, 1.165) is 3.79 Å². The molecule has 1 aromatic heterocycles. The summed E-state index contributed by atoms with van der Waals surface area (Å²) in [5.41, 5.74) is 2.21. The van der Waals surface area contributed by atoms with Crippen molar-refractivity contribution in [2.75, 3.05) is 0 Å². The van der Waals surface area contributed by atoms with Crippen molar-refractivity contribution in [3.8, 4) is 0 Å². The van der Waals surface area contributed by atoms with Gasteiger partial charge in [-0.25, -0.2) is 4.98 Å². The fraction of sp³-hybridized carbons (Fsp3) is 0.200. The maximum absolute atomic E-state index is 10.2. The molecule has 0 saturated heterocycles. The first-order valence-electron chi connectivity index (χ1n) is 2.50. The topological polar surface area (TPSA) is 50.2 Å². The zero-order valence-electron chi connectivity index (χ0n) is 4.87. The molecule has 0 unspecified atom stereocenters. The Bertz CT molecular complexity index is 248. The SMILES string of the molecule is O=C(O)Cc1ncsc1Br. The van der Waals surface area contributed by atoms with Gasteiger partial charge in [0.2, 0.25) is 0 Å². The standard InChI is InChI=1S/C5H4BrNO2S/c6-5-3(1-4(8)9)7-2-10-5/h2H,1H2,(H,8,9). The number of hydrogen-bond donors (Lipinski definition) is 1. The molecule has 0 amide bonds. The van der Waals surface area contributed by atoms with Gasteiger partial charge in [0.05, 0.1) is 21.4 Å². The molecule has 1 rings (SSSR count). The van der Waals surface area contributed by atoms with E-state index < -0.39 is 5.97 Å². The van der Waals surface area contributed by atoms with Crippen LogP contribution in [0.5, 0.6) is 0 Å². The van der Waals surface area contributed by atoms with Crippen LogP contribution in [0, 0.1) is 0 Å². The molecule has 1 aromatic rings. The zero-order chi connectivity index (χ0) is 7.56. The Morgan fingerprint density at radius 1 is 1.90 bits per heavy atom. The lowest BCUT2D eigenvalue weighted by molar-refractivity contribution is -0.136. The third kappa shape index (κ3) is 1.78. The van der Waals surface area contributed by atoms with Crippen LogP contribution in [0.3, 0.4) is 0 Å². The number of nitrogens with zero attached hydrogens (tertiary/aromatic N) is 1. The summed E-state index contributed by atoms with van der Waals surface area (Å²) < 4.78 is 0.801. The molecule has 3 nitrogen and oxygen atoms in total. The van der Waals surface area contributed by atoms with E-state index >= 15 is 0 Å². The minimum Gasteiger partial charge on any atom is -0.481 e. The Morgan fingerprint density at radius 2 is 2.60 bits per heavy atom. The third-order valence-corrected chi connectivity index (χ3v) is 2.58. The van der Waals surface area contributed by atoms with Gasteiger partial charge in [-0.05, 0) is 15.9 Å². The molecule has 10 heavy (non-hydrogen) atoms. The van der Waals surface area contributed by atoms with Crippen LogP contribution < -0.4 is 0 Å². The maximum Gasteiger partial charge on any atom is 0.309 e. The lowest BCUT2D eigenvalue weighted by Gasteiger charge is -1.88. The number of carbonyl (C=O) groups is 1. The molecule has 1 heterocycles. The minimum absolute atomic E-state index is 0.00984. The number of hydrogen-bond acceptors (Lipinski definition) is 3. The van der Waals surface area contributed by atoms with Gasteiger partial charge in [0.15, 0.2) is 0 Å². The van der Waals surface area contributed by atoms with Crippen molar-refractivity contribution >= 4 is 33.2 Å². The lowest BCUT2D eigenvalue weighted by atomic mass is 10.3. The van der Waals surface area contributed by atoms with E-state index in [9.17, 15) is 4.79 Å². The second-order valence-corrected chi connectivity index (χ2v) is 3.82. The summed E-state index contributed by atoms with van der Waals surface area (Å²) in [5.74, 6) is -0.855. The van der Waals surface area contributed by atoms with Crippen molar-refractivity contribution in [3.63, 3.8) is 0 Å². The lowest BCUT2D eigenvalue weighted by Crippen LogP contribution is -2.00. The average molecular weight is 222 g/mol. The molecule has 0 bridgehead atoms. The van der Waals surface area contributed by atoms with E-state index in [2.05, 4.69) is 20.9 Å². The van der Waals surface area contributed by atoms with E-state index in [4.69, 9.17) is 5.11 Å². The molecule has 0 aliphatic carbocycles. The molecular formula is C5H4BrNO2S. The number of carboxylic acid groups (broad SMARTS) is 1. The Hall–Kier alpha value is -0.420. The van der Waals surface area contributed by atoms with Gasteiger partial charge in [0, 0.05) is 0 Å². The third-order valence-electron chi connectivity index (χ3n) is 0.910. The van der Waals surface area contributed by atoms with E-state index in [1.807, 2.05) is 0 Å². The number of halogens is 1. The van der Waals surface area contributed by atoms with E-state index in [1.165, 1.54) is 11.3 Å². The van der Waals surface area contributed by atoms with E-state index in [1.54, 1.807) is 5.51 Å². The van der Waals surface area contributed by atoms with Crippen molar-refractivity contribution in [1.29, 1.82) is 0 Å². The summed E-state index contributed by atoms with van der Waals surface area (Å²) in [5, 5.41) is 8.35. The van der Waals surface area contributed by atoms with Crippen LogP contribution in [-0.2, 0) is 11.2 Å². The second-order valence-electron chi connectivity index (χ2n) is 1.64. The first-order valence-corrected chi connectivity index (χ1v) is 4.17. The Morgan fingerprint density at radius 3 is 3.00 bits per heavy atom. The Labute approximate surface area is 69.8 Å². The van der Waals surface area contributed by atoms with Crippen LogP contribution in [0.25, 0.3) is 0 Å². The molecular weight excluding hydrogens is 218 g/mol. The van der Waals surface area contributed by atoms with Crippen LogP contribution in [0.4, 0.5) is 0 Å². The highest BCUT2D eigenvalue weighted by atomic mass is 79.9. The predicted octanol–water partition coefficient (Wildman–Crippen LogP) is 1.53. The normalized spacial score (nSPS) is 9.70. The summed E-state index contributed by atoms with van der Waals surface area (Å²) in [6, 6.07) is 0. The fourth-order valence-electron chi connectivity index (χ4n) is 0.513. The molecule has 0 aliphatic heterocycles. The van der Waals surface area contributed by atoms with Crippen molar-refractivity contribution < 1.29 is 9.90 Å². The fourth-order valence-corrected chi connectivity index (χ4v) is 1.54. The first kappa shape index (κ1) is 7.68. The quantitative estimate of drug-likeness (QED) is 0.825. The van der Waals surface area contributed by atoms with Gasteiger partial charge in [-0.3, -0.25) is 4.79 Å². The number of rotatable bonds is 2. The van der Waals surface area contributed by atoms with Gasteiger partial charge >= 0.3 is 5.97 Å². The molecule has 0 atom stereocenters. The Kier molecular flexibility index (Phi) is 2.39. The van der Waals surface area contributed by atoms with Crippen molar-refractivity contribution in [3.05, 3.63) is 15.0 Å². The van der Waals surface area contributed by atoms with Crippen LogP contribution in [0.1, 0.15) is 5.69 Å². The number of aromatic nitrogens is 1. The Balaban J connectivity index is 2.74. The van der Waals surface area contributed by atoms with Gasteiger partial charge < -0.3 is 5.11 Å². The monoisotopic (exact) mass is 221 g/mol. The van der Waals surface area contributed by atoms with Gasteiger partial charge in [-0.2, -0.15) is 0 Å². The summed E-state index contributed by atoms with van der Waals surface area (Å²) in [6.45, 7) is 0. The van der Waals surface area contributed by atoms with E-state index in [0.29, 0.717) is 5.69 Å². The van der Waals surface area contributed by atoms with Gasteiger partial charge in [0.25, 0.3) is 0 Å². The molecule has 0 aromatic carbocycles. The molecule has 0 saturated carbocycles. The van der Waals surface area contributed by atoms with Gasteiger partial charge in [0.1, 0.15) is 0 Å². The summed E-state index contributed by atoms with van der Waals surface area (Å²) in [7, 11) is 0. The number of thiazole rings is 1. The molecule has 0 aliphatic rings. The molecule has 5 heteroatoms. The largest absolute Gasteiger partial charge is 0.481 e. The van der Waals surface area contributed by atoms with Crippen molar-refractivity contribution in [1.82, 2.24) is 4.98 Å². The van der Waals surface area contributed by atoms with Crippen LogP contribution in [-0.4, -0.2) is 16.1 Å². The highest BCUT2D eigenvalue weighted by Gasteiger charge is 2.06. The van der Waals surface area contributed by atoms with Gasteiger partial charge in [-0.1, -0.05) is 0 Å². The average Bonchev–Trinajstić information content (AvgIpc) is 2.15. The number of aliphatic carboxylic acids is 1. The van der Waals surface area contributed by atoms with Crippen molar-refractivity contribution in [2.45, 2.75) is 6.42 Å². The maximum atomic E-state index is 10.2. The highest BCUT2D eigenvalue weighted by Crippen LogP contribution is 2.20.